The van der Waals surface area contributed by atoms with Crippen LogP contribution in [0.25, 0.3) is 0 Å². The molecule has 0 spiro atoms. The molecule has 2 aromatic rings. The Morgan fingerprint density at radius 1 is 1.25 bits per heavy atom. The van der Waals surface area contributed by atoms with Crippen molar-refractivity contribution in [1.82, 2.24) is 9.59 Å². The summed E-state index contributed by atoms with van der Waals surface area (Å²) in [5.74, 6) is -0.723. The van der Waals surface area contributed by atoms with Crippen LogP contribution < -0.4 is 5.32 Å². The minimum Gasteiger partial charge on any atom is -0.461 e. The van der Waals surface area contributed by atoms with E-state index >= 15 is 0 Å². The van der Waals surface area contributed by atoms with Crippen molar-refractivity contribution in [3.8, 4) is 0 Å². The van der Waals surface area contributed by atoms with E-state index in [0.29, 0.717) is 11.4 Å². The van der Waals surface area contributed by atoms with Gasteiger partial charge in [-0.25, -0.2) is 4.79 Å². The number of amides is 1. The zero-order valence-electron chi connectivity index (χ0n) is 13.3. The van der Waals surface area contributed by atoms with Gasteiger partial charge in [-0.15, -0.1) is 5.10 Å². The molecule has 0 fully saturated rings. The van der Waals surface area contributed by atoms with Crippen LogP contribution in [0.5, 0.6) is 0 Å². The quantitative estimate of drug-likeness (QED) is 0.527. The molecule has 0 saturated carbocycles. The van der Waals surface area contributed by atoms with Gasteiger partial charge >= 0.3 is 5.97 Å². The van der Waals surface area contributed by atoms with E-state index in [2.05, 4.69) is 43.0 Å². The van der Waals surface area contributed by atoms with Gasteiger partial charge in [0.2, 0.25) is 11.6 Å². The van der Waals surface area contributed by atoms with E-state index in [1.807, 2.05) is 12.1 Å². The van der Waals surface area contributed by atoms with Crippen molar-refractivity contribution in [3.63, 3.8) is 0 Å². The second-order valence-electron chi connectivity index (χ2n) is 5.05. The fraction of sp³-hybridized carbons (Fsp3) is 0.375. The van der Waals surface area contributed by atoms with Crippen molar-refractivity contribution in [2.45, 2.75) is 32.6 Å². The summed E-state index contributed by atoms with van der Waals surface area (Å²) in [6.07, 6.45) is 3.00. The molecule has 0 radical (unpaired) electrons. The van der Waals surface area contributed by atoms with Crippen LogP contribution >= 0.6 is 27.5 Å². The first-order valence-corrected chi connectivity index (χ1v) is 9.20. The minimum absolute atomic E-state index is 0.0602. The van der Waals surface area contributed by atoms with E-state index < -0.39 is 5.97 Å². The fourth-order valence-electron chi connectivity index (χ4n) is 2.06. The molecule has 2 rings (SSSR count). The van der Waals surface area contributed by atoms with Gasteiger partial charge in [0.1, 0.15) is 0 Å². The maximum Gasteiger partial charge on any atom is 0.362 e. The second kappa shape index (κ2) is 9.48. The van der Waals surface area contributed by atoms with E-state index in [0.717, 1.165) is 35.3 Å². The highest BCUT2D eigenvalue weighted by Crippen LogP contribution is 2.19. The standard InChI is InChI=1S/C16H18BrN3O3S/c1-2-23-16(22)14-15(24-20-19-14)18-13(21)6-4-3-5-11-7-9-12(17)10-8-11/h7-10H,2-6H2,1H3,(H,18,21). The van der Waals surface area contributed by atoms with E-state index in [1.165, 1.54) is 5.56 Å². The van der Waals surface area contributed by atoms with Crippen molar-refractivity contribution >= 4 is 44.3 Å². The first-order valence-electron chi connectivity index (χ1n) is 7.64. The predicted octanol–water partition coefficient (Wildman–Crippen LogP) is 3.83. The monoisotopic (exact) mass is 411 g/mol. The van der Waals surface area contributed by atoms with E-state index in [9.17, 15) is 9.59 Å². The number of benzene rings is 1. The molecule has 8 heteroatoms. The average molecular weight is 412 g/mol. The molecular formula is C16H18BrN3O3S. The Hall–Kier alpha value is -1.80. The van der Waals surface area contributed by atoms with Crippen LogP contribution in [0.15, 0.2) is 28.7 Å². The Bertz CT molecular complexity index is 688. The molecule has 1 aromatic heterocycles. The number of nitrogens with one attached hydrogen (secondary N) is 1. The van der Waals surface area contributed by atoms with Crippen molar-refractivity contribution in [2.75, 3.05) is 11.9 Å². The SMILES string of the molecule is CCOC(=O)c1nnsc1NC(=O)CCCCc1ccc(Br)cc1. The zero-order chi connectivity index (χ0) is 17.4. The first-order chi connectivity index (χ1) is 11.6. The molecule has 1 aromatic carbocycles. The molecule has 6 nitrogen and oxygen atoms in total. The van der Waals surface area contributed by atoms with Gasteiger partial charge in [0.15, 0.2) is 5.00 Å². The van der Waals surface area contributed by atoms with Gasteiger partial charge in [0, 0.05) is 22.4 Å². The summed E-state index contributed by atoms with van der Waals surface area (Å²) in [6, 6.07) is 8.16. The molecule has 0 bridgehead atoms. The van der Waals surface area contributed by atoms with Crippen LogP contribution in [0.2, 0.25) is 0 Å². The van der Waals surface area contributed by atoms with Gasteiger partial charge in [0.05, 0.1) is 6.61 Å². The number of ether oxygens (including phenoxy) is 1. The third kappa shape index (κ3) is 5.68. The van der Waals surface area contributed by atoms with Gasteiger partial charge < -0.3 is 10.1 Å². The number of aryl methyl sites for hydroxylation is 1. The number of carbonyl (C=O) groups excluding carboxylic acids is 2. The van der Waals surface area contributed by atoms with Crippen molar-refractivity contribution < 1.29 is 14.3 Å². The summed E-state index contributed by atoms with van der Waals surface area (Å²) < 4.78 is 9.63. The number of carbonyl (C=O) groups is 2. The molecule has 0 aliphatic rings. The topological polar surface area (TPSA) is 81.2 Å². The molecule has 1 amide bonds. The Morgan fingerprint density at radius 3 is 2.71 bits per heavy atom. The van der Waals surface area contributed by atoms with Gasteiger partial charge in [0.25, 0.3) is 0 Å². The van der Waals surface area contributed by atoms with Gasteiger partial charge in [-0.05, 0) is 43.9 Å². The summed E-state index contributed by atoms with van der Waals surface area (Å²) in [6.45, 7) is 1.96. The average Bonchev–Trinajstić information content (AvgIpc) is 3.01. The molecule has 0 aliphatic heterocycles. The Morgan fingerprint density at radius 2 is 2.00 bits per heavy atom. The summed E-state index contributed by atoms with van der Waals surface area (Å²) in [7, 11) is 0. The lowest BCUT2D eigenvalue weighted by Crippen LogP contribution is -2.14. The van der Waals surface area contributed by atoms with Crippen LogP contribution in [0.4, 0.5) is 5.00 Å². The maximum absolute atomic E-state index is 12.0. The normalized spacial score (nSPS) is 10.4. The van der Waals surface area contributed by atoms with Crippen LogP contribution in [0, 0.1) is 0 Å². The van der Waals surface area contributed by atoms with E-state index in [4.69, 9.17) is 4.74 Å². The molecule has 128 valence electrons. The number of hydrogen-bond donors (Lipinski definition) is 1. The minimum atomic E-state index is -0.572. The molecule has 1 N–H and O–H groups in total. The molecule has 0 atom stereocenters. The van der Waals surface area contributed by atoms with Crippen LogP contribution in [-0.4, -0.2) is 28.1 Å². The second-order valence-corrected chi connectivity index (χ2v) is 6.72. The molecule has 0 aliphatic carbocycles. The third-order valence-corrected chi connectivity index (χ3v) is 4.41. The number of unbranched alkanes of at least 4 members (excludes halogenated alkanes) is 1. The van der Waals surface area contributed by atoms with Gasteiger partial charge in [-0.1, -0.05) is 32.6 Å². The van der Waals surface area contributed by atoms with Crippen molar-refractivity contribution in [2.24, 2.45) is 0 Å². The predicted molar refractivity (Wildman–Crippen MR) is 96.2 cm³/mol. The highest BCUT2D eigenvalue weighted by molar-refractivity contribution is 9.10. The van der Waals surface area contributed by atoms with Crippen molar-refractivity contribution in [1.29, 1.82) is 0 Å². The van der Waals surface area contributed by atoms with E-state index in [1.54, 1.807) is 6.92 Å². The Kier molecular flexibility index (Phi) is 7.33. The number of aromatic nitrogens is 2. The van der Waals surface area contributed by atoms with Crippen LogP contribution in [0.3, 0.4) is 0 Å². The van der Waals surface area contributed by atoms with E-state index in [-0.39, 0.29) is 18.2 Å². The summed E-state index contributed by atoms with van der Waals surface area (Å²) in [4.78, 5) is 23.7. The lowest BCUT2D eigenvalue weighted by atomic mass is 10.1. The molecule has 24 heavy (non-hydrogen) atoms. The summed E-state index contributed by atoms with van der Waals surface area (Å²) in [5, 5.41) is 6.73. The smallest absolute Gasteiger partial charge is 0.362 e. The summed E-state index contributed by atoms with van der Waals surface area (Å²) in [5.41, 5.74) is 1.31. The number of anilines is 1. The Labute approximate surface area is 152 Å². The van der Waals surface area contributed by atoms with Gasteiger partial charge in [-0.2, -0.15) is 0 Å². The van der Waals surface area contributed by atoms with Crippen LogP contribution in [-0.2, 0) is 16.0 Å². The van der Waals surface area contributed by atoms with Gasteiger partial charge in [-0.3, -0.25) is 4.79 Å². The van der Waals surface area contributed by atoms with Crippen LogP contribution in [0.1, 0.15) is 42.2 Å². The Balaban J connectivity index is 1.75. The third-order valence-electron chi connectivity index (χ3n) is 3.24. The number of rotatable bonds is 8. The maximum atomic E-state index is 12.0. The highest BCUT2D eigenvalue weighted by Gasteiger charge is 2.19. The lowest BCUT2D eigenvalue weighted by molar-refractivity contribution is -0.116. The molecule has 0 saturated heterocycles. The zero-order valence-corrected chi connectivity index (χ0v) is 15.7. The number of nitrogens with zero attached hydrogens (tertiary/aromatic N) is 2. The summed E-state index contributed by atoms with van der Waals surface area (Å²) >= 11 is 4.38. The molecular weight excluding hydrogens is 394 g/mol. The first kappa shape index (κ1) is 18.5. The molecule has 1 heterocycles. The lowest BCUT2D eigenvalue weighted by Gasteiger charge is -2.05. The number of hydrogen-bond acceptors (Lipinski definition) is 6. The largest absolute Gasteiger partial charge is 0.461 e. The number of esters is 1. The fourth-order valence-corrected chi connectivity index (χ4v) is 2.90. The molecule has 0 unspecified atom stereocenters. The number of halogens is 1. The highest BCUT2D eigenvalue weighted by atomic mass is 79.9. The van der Waals surface area contributed by atoms with Crippen molar-refractivity contribution in [3.05, 3.63) is 40.0 Å².